The lowest BCUT2D eigenvalue weighted by Gasteiger charge is -2.05. The summed E-state index contributed by atoms with van der Waals surface area (Å²) in [6.07, 6.45) is 3.89. The Morgan fingerprint density at radius 2 is 1.76 bits per heavy atom. The van der Waals surface area contributed by atoms with Crippen LogP contribution in [0.1, 0.15) is 35.7 Å². The lowest BCUT2D eigenvalue weighted by atomic mass is 10.2. The van der Waals surface area contributed by atoms with Gasteiger partial charge < -0.3 is 9.47 Å². The first kappa shape index (κ1) is 20.3. The van der Waals surface area contributed by atoms with Crippen LogP contribution in [0.4, 0.5) is 10.1 Å². The number of ether oxygens (including phenoxy) is 2. The maximum absolute atomic E-state index is 13.2. The monoisotopic (exact) mass is 391 g/mol. The second-order valence-electron chi connectivity index (χ2n) is 6.42. The number of carbonyl (C=O) groups is 1. The summed E-state index contributed by atoms with van der Waals surface area (Å²) in [5.74, 6) is 0.00121. The van der Waals surface area contributed by atoms with E-state index in [9.17, 15) is 9.18 Å². The molecule has 0 bridgehead atoms. The maximum atomic E-state index is 13.2. The summed E-state index contributed by atoms with van der Waals surface area (Å²) in [6.45, 7) is 2.85. The van der Waals surface area contributed by atoms with Crippen LogP contribution in [0, 0.1) is 5.82 Å². The summed E-state index contributed by atoms with van der Waals surface area (Å²) in [4.78, 5) is 16.6. The molecule has 5 heteroatoms. The van der Waals surface area contributed by atoms with Gasteiger partial charge in [0.05, 0.1) is 17.9 Å². The standard InChI is InChI=1S/C24H22FNO3/c1-2-3-15-28-22-13-7-18(8-14-22)17-26-21-11-9-19(10-12-21)24(27)29-23-6-4-5-20(25)16-23/h4-14,16-17H,2-3,15H2,1H3. The average molecular weight is 391 g/mol. The molecule has 3 rings (SSSR count). The highest BCUT2D eigenvalue weighted by Gasteiger charge is 2.08. The molecule has 0 aliphatic rings. The predicted octanol–water partition coefficient (Wildman–Crippen LogP) is 5.97. The van der Waals surface area contributed by atoms with Crippen molar-refractivity contribution in [2.45, 2.75) is 19.8 Å². The molecule has 0 aromatic heterocycles. The summed E-state index contributed by atoms with van der Waals surface area (Å²) in [6, 6.07) is 19.9. The summed E-state index contributed by atoms with van der Waals surface area (Å²) in [5.41, 5.74) is 2.01. The van der Waals surface area contributed by atoms with E-state index in [0.29, 0.717) is 11.3 Å². The van der Waals surface area contributed by atoms with Crippen LogP contribution >= 0.6 is 0 Å². The van der Waals surface area contributed by atoms with Crippen molar-refractivity contribution in [2.75, 3.05) is 6.61 Å². The largest absolute Gasteiger partial charge is 0.494 e. The third kappa shape index (κ3) is 6.28. The second kappa shape index (κ2) is 10.2. The minimum Gasteiger partial charge on any atom is -0.494 e. The van der Waals surface area contributed by atoms with Gasteiger partial charge in [0, 0.05) is 12.3 Å². The molecule has 0 amide bonds. The number of carbonyl (C=O) groups excluding carboxylic acids is 1. The summed E-state index contributed by atoms with van der Waals surface area (Å²) in [7, 11) is 0. The number of unbranched alkanes of at least 4 members (excludes halogenated alkanes) is 1. The quantitative estimate of drug-likeness (QED) is 0.206. The molecule has 29 heavy (non-hydrogen) atoms. The number of esters is 1. The Bertz CT molecular complexity index is 966. The third-order valence-electron chi connectivity index (χ3n) is 4.12. The van der Waals surface area contributed by atoms with Gasteiger partial charge in [-0.1, -0.05) is 19.4 Å². The van der Waals surface area contributed by atoms with Crippen molar-refractivity contribution in [1.29, 1.82) is 0 Å². The van der Waals surface area contributed by atoms with Gasteiger partial charge in [0.1, 0.15) is 17.3 Å². The smallest absolute Gasteiger partial charge is 0.343 e. The van der Waals surface area contributed by atoms with Crippen molar-refractivity contribution >= 4 is 17.9 Å². The van der Waals surface area contributed by atoms with Gasteiger partial charge in [-0.3, -0.25) is 4.99 Å². The van der Waals surface area contributed by atoms with Crippen LogP contribution in [0.15, 0.2) is 77.8 Å². The van der Waals surface area contributed by atoms with Gasteiger partial charge in [-0.25, -0.2) is 9.18 Å². The van der Waals surface area contributed by atoms with E-state index in [0.717, 1.165) is 36.8 Å². The zero-order valence-electron chi connectivity index (χ0n) is 16.2. The second-order valence-corrected chi connectivity index (χ2v) is 6.42. The lowest BCUT2D eigenvalue weighted by molar-refractivity contribution is 0.0734. The molecule has 3 aromatic rings. The molecule has 0 radical (unpaired) electrons. The summed E-state index contributed by atoms with van der Waals surface area (Å²) >= 11 is 0. The molecular weight excluding hydrogens is 369 g/mol. The number of aliphatic imine (C=N–C) groups is 1. The Hall–Kier alpha value is -3.47. The Balaban J connectivity index is 1.57. The fraction of sp³-hybridized carbons (Fsp3) is 0.167. The molecule has 0 saturated heterocycles. The van der Waals surface area contributed by atoms with Crippen molar-refractivity contribution in [3.05, 3.63) is 89.7 Å². The van der Waals surface area contributed by atoms with E-state index >= 15 is 0 Å². The maximum Gasteiger partial charge on any atom is 0.343 e. The van der Waals surface area contributed by atoms with Crippen molar-refractivity contribution in [2.24, 2.45) is 4.99 Å². The van der Waals surface area contributed by atoms with E-state index in [1.807, 2.05) is 24.3 Å². The number of hydrogen-bond acceptors (Lipinski definition) is 4. The first-order valence-electron chi connectivity index (χ1n) is 9.49. The number of hydrogen-bond donors (Lipinski definition) is 0. The van der Waals surface area contributed by atoms with Crippen LogP contribution in [0.25, 0.3) is 0 Å². The minimum atomic E-state index is -0.551. The van der Waals surface area contributed by atoms with Gasteiger partial charge in [0.25, 0.3) is 0 Å². The summed E-state index contributed by atoms with van der Waals surface area (Å²) in [5, 5.41) is 0. The normalized spacial score (nSPS) is 10.8. The van der Waals surface area contributed by atoms with Crippen LogP contribution in [-0.2, 0) is 0 Å². The van der Waals surface area contributed by atoms with Gasteiger partial charge in [0.2, 0.25) is 0 Å². The molecule has 0 unspecified atom stereocenters. The molecule has 0 fully saturated rings. The number of halogens is 1. The molecule has 0 saturated carbocycles. The van der Waals surface area contributed by atoms with Gasteiger partial charge in [-0.15, -0.1) is 0 Å². The Labute approximate surface area is 169 Å². The molecule has 0 N–H and O–H groups in total. The van der Waals surface area contributed by atoms with Crippen LogP contribution in [0.2, 0.25) is 0 Å². The zero-order valence-corrected chi connectivity index (χ0v) is 16.2. The predicted molar refractivity (Wildman–Crippen MR) is 112 cm³/mol. The Morgan fingerprint density at radius 1 is 1.00 bits per heavy atom. The highest BCUT2D eigenvalue weighted by atomic mass is 19.1. The fourth-order valence-electron chi connectivity index (χ4n) is 2.51. The van der Waals surface area contributed by atoms with Gasteiger partial charge in [0.15, 0.2) is 0 Å². The molecule has 0 aliphatic carbocycles. The van der Waals surface area contributed by atoms with E-state index in [1.165, 1.54) is 18.2 Å². The molecule has 0 heterocycles. The first-order valence-corrected chi connectivity index (χ1v) is 9.49. The lowest BCUT2D eigenvalue weighted by Crippen LogP contribution is -2.08. The topological polar surface area (TPSA) is 47.9 Å². The van der Waals surface area contributed by atoms with E-state index in [4.69, 9.17) is 9.47 Å². The Kier molecular flexibility index (Phi) is 7.11. The Morgan fingerprint density at radius 3 is 2.45 bits per heavy atom. The van der Waals surface area contributed by atoms with E-state index < -0.39 is 11.8 Å². The van der Waals surface area contributed by atoms with Gasteiger partial charge in [-0.2, -0.15) is 0 Å². The molecule has 0 aliphatic heterocycles. The zero-order chi connectivity index (χ0) is 20.5. The number of rotatable bonds is 8. The number of benzene rings is 3. The van der Waals surface area contributed by atoms with Crippen LogP contribution in [0.3, 0.4) is 0 Å². The van der Waals surface area contributed by atoms with Crippen LogP contribution in [0.5, 0.6) is 11.5 Å². The van der Waals surface area contributed by atoms with Crippen molar-refractivity contribution in [1.82, 2.24) is 0 Å². The fourth-order valence-corrected chi connectivity index (χ4v) is 2.51. The van der Waals surface area contributed by atoms with E-state index in [2.05, 4.69) is 11.9 Å². The van der Waals surface area contributed by atoms with Crippen molar-refractivity contribution in [3.63, 3.8) is 0 Å². The highest BCUT2D eigenvalue weighted by Crippen LogP contribution is 2.18. The van der Waals surface area contributed by atoms with Crippen molar-refractivity contribution in [3.8, 4) is 11.5 Å². The molecular formula is C24H22FNO3. The van der Waals surface area contributed by atoms with Gasteiger partial charge >= 0.3 is 5.97 Å². The SMILES string of the molecule is CCCCOc1ccc(C=Nc2ccc(C(=O)Oc3cccc(F)c3)cc2)cc1. The van der Waals surface area contributed by atoms with Crippen LogP contribution in [-0.4, -0.2) is 18.8 Å². The molecule has 0 spiro atoms. The summed E-state index contributed by atoms with van der Waals surface area (Å²) < 4.78 is 24.0. The van der Waals surface area contributed by atoms with Crippen molar-refractivity contribution < 1.29 is 18.7 Å². The third-order valence-corrected chi connectivity index (χ3v) is 4.12. The van der Waals surface area contributed by atoms with Gasteiger partial charge in [-0.05, 0) is 72.6 Å². The minimum absolute atomic E-state index is 0.166. The van der Waals surface area contributed by atoms with E-state index in [1.54, 1.807) is 30.5 Å². The number of nitrogens with zero attached hydrogens (tertiary/aromatic N) is 1. The molecule has 3 aromatic carbocycles. The molecule has 0 atom stereocenters. The first-order chi connectivity index (χ1) is 14.1. The van der Waals surface area contributed by atoms with E-state index in [-0.39, 0.29) is 5.75 Å². The highest BCUT2D eigenvalue weighted by molar-refractivity contribution is 5.91. The van der Waals surface area contributed by atoms with Crippen LogP contribution < -0.4 is 9.47 Å². The molecule has 4 nitrogen and oxygen atoms in total. The molecule has 148 valence electrons. The average Bonchev–Trinajstić information content (AvgIpc) is 2.74.